The van der Waals surface area contributed by atoms with Gasteiger partial charge in [-0.1, -0.05) is 6.07 Å². The third-order valence-corrected chi connectivity index (χ3v) is 4.67. The van der Waals surface area contributed by atoms with E-state index in [0.717, 1.165) is 29.7 Å². The first kappa shape index (κ1) is 11.8. The second-order valence-corrected chi connectivity index (χ2v) is 5.89. The van der Waals surface area contributed by atoms with Gasteiger partial charge in [0.05, 0.1) is 7.11 Å². The first-order chi connectivity index (χ1) is 8.65. The molecule has 1 aliphatic rings. The highest BCUT2D eigenvalue weighted by atomic mass is 32.1. The molecular formula is C15H16O2S. The van der Waals surface area contributed by atoms with Crippen molar-refractivity contribution in [1.29, 1.82) is 0 Å². The average molecular weight is 260 g/mol. The molecule has 94 valence electrons. The second-order valence-electron chi connectivity index (χ2n) is 4.77. The minimum absolute atomic E-state index is 0.757. The van der Waals surface area contributed by atoms with Crippen LogP contribution in [0.4, 0.5) is 0 Å². The van der Waals surface area contributed by atoms with Gasteiger partial charge in [0.2, 0.25) is 0 Å². The van der Waals surface area contributed by atoms with Crippen molar-refractivity contribution >= 4 is 11.3 Å². The van der Waals surface area contributed by atoms with Gasteiger partial charge in [0.25, 0.3) is 0 Å². The van der Waals surface area contributed by atoms with E-state index in [1.807, 2.05) is 23.6 Å². The van der Waals surface area contributed by atoms with Crippen LogP contribution in [0.2, 0.25) is 0 Å². The Kier molecular flexibility index (Phi) is 2.68. The van der Waals surface area contributed by atoms with Gasteiger partial charge in [-0.2, -0.15) is 0 Å². The van der Waals surface area contributed by atoms with Crippen molar-refractivity contribution in [3.63, 3.8) is 0 Å². The zero-order valence-corrected chi connectivity index (χ0v) is 11.4. The van der Waals surface area contributed by atoms with Crippen LogP contribution in [0.5, 0.6) is 5.75 Å². The molecule has 0 saturated carbocycles. The fraction of sp³-hybridized carbons (Fsp3) is 0.333. The van der Waals surface area contributed by atoms with Crippen LogP contribution in [-0.2, 0) is 12.0 Å². The Morgan fingerprint density at radius 1 is 1.28 bits per heavy atom. The number of hydrogen-bond acceptors (Lipinski definition) is 3. The summed E-state index contributed by atoms with van der Waals surface area (Å²) < 4.78 is 5.27. The molecule has 18 heavy (non-hydrogen) atoms. The molecule has 0 spiro atoms. The molecule has 0 aliphatic heterocycles. The van der Waals surface area contributed by atoms with Crippen molar-refractivity contribution in [2.75, 3.05) is 7.11 Å². The van der Waals surface area contributed by atoms with Gasteiger partial charge in [-0.3, -0.25) is 0 Å². The minimum atomic E-state index is -0.839. The predicted molar refractivity (Wildman–Crippen MR) is 73.4 cm³/mol. The lowest BCUT2D eigenvalue weighted by atomic mass is 9.88. The standard InChI is InChI=1S/C15H16O2S/c1-10-13(6-8-18-10)15(16)7-5-11-3-4-12(17-2)9-14(11)15/h3-4,6,8-9,16H,5,7H2,1-2H3. The maximum atomic E-state index is 11.1. The minimum Gasteiger partial charge on any atom is -0.497 e. The Morgan fingerprint density at radius 2 is 2.11 bits per heavy atom. The highest BCUT2D eigenvalue weighted by Crippen LogP contribution is 2.45. The highest BCUT2D eigenvalue weighted by Gasteiger charge is 2.39. The van der Waals surface area contributed by atoms with E-state index in [-0.39, 0.29) is 0 Å². The normalized spacial score (nSPS) is 21.9. The topological polar surface area (TPSA) is 29.5 Å². The summed E-state index contributed by atoms with van der Waals surface area (Å²) in [5.74, 6) is 0.807. The van der Waals surface area contributed by atoms with E-state index in [4.69, 9.17) is 4.74 Å². The van der Waals surface area contributed by atoms with Crippen LogP contribution >= 0.6 is 11.3 Å². The molecule has 1 aromatic heterocycles. The molecule has 2 aromatic rings. The van der Waals surface area contributed by atoms with E-state index >= 15 is 0 Å². The first-order valence-corrected chi connectivity index (χ1v) is 6.97. The summed E-state index contributed by atoms with van der Waals surface area (Å²) in [4.78, 5) is 1.19. The van der Waals surface area contributed by atoms with Crippen molar-refractivity contribution in [2.24, 2.45) is 0 Å². The third-order valence-electron chi connectivity index (χ3n) is 3.82. The van der Waals surface area contributed by atoms with Crippen molar-refractivity contribution in [3.05, 3.63) is 51.2 Å². The molecule has 1 heterocycles. The van der Waals surface area contributed by atoms with Crippen molar-refractivity contribution in [2.45, 2.75) is 25.4 Å². The summed E-state index contributed by atoms with van der Waals surface area (Å²) in [5, 5.41) is 13.1. The molecule has 1 atom stereocenters. The Bertz CT molecular complexity index is 588. The van der Waals surface area contributed by atoms with Gasteiger partial charge < -0.3 is 9.84 Å². The van der Waals surface area contributed by atoms with Crippen LogP contribution in [0, 0.1) is 6.92 Å². The van der Waals surface area contributed by atoms with Gasteiger partial charge in [0, 0.05) is 10.4 Å². The Hall–Kier alpha value is -1.32. The molecule has 0 radical (unpaired) electrons. The van der Waals surface area contributed by atoms with Crippen LogP contribution in [-0.4, -0.2) is 12.2 Å². The van der Waals surface area contributed by atoms with Gasteiger partial charge in [-0.25, -0.2) is 0 Å². The third kappa shape index (κ3) is 1.58. The zero-order chi connectivity index (χ0) is 12.8. The first-order valence-electron chi connectivity index (χ1n) is 6.09. The van der Waals surface area contributed by atoms with Crippen LogP contribution < -0.4 is 4.74 Å². The number of hydrogen-bond donors (Lipinski definition) is 1. The summed E-state index contributed by atoms with van der Waals surface area (Å²) in [7, 11) is 1.66. The number of ether oxygens (including phenoxy) is 1. The van der Waals surface area contributed by atoms with E-state index < -0.39 is 5.60 Å². The lowest BCUT2D eigenvalue weighted by Crippen LogP contribution is -2.24. The SMILES string of the molecule is COc1ccc2c(c1)C(O)(c1ccsc1C)CC2. The fourth-order valence-corrected chi connectivity index (χ4v) is 3.60. The molecule has 3 heteroatoms. The van der Waals surface area contributed by atoms with Gasteiger partial charge in [-0.05, 0) is 54.5 Å². The van der Waals surface area contributed by atoms with Crippen LogP contribution in [0.15, 0.2) is 29.6 Å². The Labute approximate surface area is 111 Å². The fourth-order valence-electron chi connectivity index (χ4n) is 2.83. The summed E-state index contributed by atoms with van der Waals surface area (Å²) in [6.45, 7) is 2.07. The molecule has 0 saturated heterocycles. The van der Waals surface area contributed by atoms with Crippen molar-refractivity contribution in [1.82, 2.24) is 0 Å². The smallest absolute Gasteiger partial charge is 0.119 e. The quantitative estimate of drug-likeness (QED) is 0.898. The Morgan fingerprint density at radius 3 is 2.78 bits per heavy atom. The molecule has 1 unspecified atom stereocenters. The summed E-state index contributed by atoms with van der Waals surface area (Å²) in [5.41, 5.74) is 2.43. The molecule has 0 amide bonds. The van der Waals surface area contributed by atoms with E-state index in [1.165, 1.54) is 10.4 Å². The molecular weight excluding hydrogens is 244 g/mol. The van der Waals surface area contributed by atoms with E-state index in [9.17, 15) is 5.11 Å². The summed E-state index contributed by atoms with van der Waals surface area (Å²) in [6.07, 6.45) is 1.68. The Balaban J connectivity index is 2.16. The molecule has 0 fully saturated rings. The van der Waals surface area contributed by atoms with Crippen molar-refractivity contribution in [3.8, 4) is 5.75 Å². The summed E-state index contributed by atoms with van der Waals surface area (Å²) >= 11 is 1.68. The monoisotopic (exact) mass is 260 g/mol. The molecule has 1 N–H and O–H groups in total. The van der Waals surface area contributed by atoms with Gasteiger partial charge in [-0.15, -0.1) is 11.3 Å². The molecule has 1 aromatic carbocycles. The van der Waals surface area contributed by atoms with E-state index in [0.29, 0.717) is 0 Å². The number of methoxy groups -OCH3 is 1. The molecule has 3 rings (SSSR count). The summed E-state index contributed by atoms with van der Waals surface area (Å²) in [6, 6.07) is 8.03. The average Bonchev–Trinajstić information content (AvgIpc) is 2.95. The van der Waals surface area contributed by atoms with Gasteiger partial charge in [0.1, 0.15) is 11.4 Å². The molecule has 2 nitrogen and oxygen atoms in total. The predicted octanol–water partition coefficient (Wildman–Crippen LogP) is 3.25. The van der Waals surface area contributed by atoms with Crippen LogP contribution in [0.3, 0.4) is 0 Å². The van der Waals surface area contributed by atoms with Crippen LogP contribution in [0.25, 0.3) is 0 Å². The zero-order valence-electron chi connectivity index (χ0n) is 10.6. The second kappa shape index (κ2) is 4.11. The number of aryl methyl sites for hydroxylation is 2. The number of rotatable bonds is 2. The van der Waals surface area contributed by atoms with Gasteiger partial charge in [0.15, 0.2) is 0 Å². The maximum Gasteiger partial charge on any atom is 0.119 e. The molecule has 0 bridgehead atoms. The lowest BCUT2D eigenvalue weighted by molar-refractivity contribution is 0.0826. The van der Waals surface area contributed by atoms with Crippen molar-refractivity contribution < 1.29 is 9.84 Å². The number of fused-ring (bicyclic) bond motifs is 1. The number of benzene rings is 1. The largest absolute Gasteiger partial charge is 0.497 e. The van der Waals surface area contributed by atoms with E-state index in [2.05, 4.69) is 13.0 Å². The molecule has 1 aliphatic carbocycles. The maximum absolute atomic E-state index is 11.1. The number of aliphatic hydroxyl groups is 1. The van der Waals surface area contributed by atoms with Gasteiger partial charge >= 0.3 is 0 Å². The van der Waals surface area contributed by atoms with Crippen LogP contribution in [0.1, 0.15) is 28.0 Å². The lowest BCUT2D eigenvalue weighted by Gasteiger charge is -2.24. The highest BCUT2D eigenvalue weighted by molar-refractivity contribution is 7.10. The number of thiophene rings is 1. The van der Waals surface area contributed by atoms with E-state index in [1.54, 1.807) is 18.4 Å².